The van der Waals surface area contributed by atoms with Gasteiger partial charge in [-0.05, 0) is 20.8 Å². The predicted molar refractivity (Wildman–Crippen MR) is 74.3 cm³/mol. The Morgan fingerprint density at radius 3 is 2.45 bits per heavy atom. The minimum absolute atomic E-state index is 0.0508. The summed E-state index contributed by atoms with van der Waals surface area (Å²) in [4.78, 5) is 37.1. The zero-order valence-electron chi connectivity index (χ0n) is 11.9. The van der Waals surface area contributed by atoms with E-state index in [9.17, 15) is 14.4 Å². The quantitative estimate of drug-likeness (QED) is 0.657. The molecule has 0 atom stereocenters. The molecule has 0 radical (unpaired) electrons. The smallest absolute Gasteiger partial charge is 0.246 e. The lowest BCUT2D eigenvalue weighted by Gasteiger charge is -2.39. The van der Waals surface area contributed by atoms with Gasteiger partial charge in [0.05, 0.1) is 18.6 Å². The second kappa shape index (κ2) is 5.17. The number of nitrogens with zero attached hydrogens (tertiary/aromatic N) is 1. The number of imide groups is 1. The number of hydrogen-bond donors (Lipinski definition) is 1. The van der Waals surface area contributed by atoms with Crippen molar-refractivity contribution in [3.05, 3.63) is 35.4 Å². The molecule has 1 aliphatic heterocycles. The third-order valence-electron chi connectivity index (χ3n) is 3.64. The van der Waals surface area contributed by atoms with E-state index in [4.69, 9.17) is 0 Å². The van der Waals surface area contributed by atoms with Gasteiger partial charge in [0, 0.05) is 5.56 Å². The SMILES string of the molecule is Cc1ccc(C(=O)CN2CC(=O)NC(=O)C2(C)C)cc1. The molecule has 0 aliphatic carbocycles. The summed E-state index contributed by atoms with van der Waals surface area (Å²) in [6.45, 7) is 5.46. The number of amides is 2. The number of rotatable bonds is 3. The van der Waals surface area contributed by atoms with Crippen LogP contribution in [0.15, 0.2) is 24.3 Å². The highest BCUT2D eigenvalue weighted by molar-refractivity contribution is 6.04. The number of piperazine rings is 1. The molecule has 5 heteroatoms. The topological polar surface area (TPSA) is 66.5 Å². The van der Waals surface area contributed by atoms with Gasteiger partial charge >= 0.3 is 0 Å². The first kappa shape index (κ1) is 14.4. The molecule has 1 aliphatic rings. The number of nitrogens with one attached hydrogen (secondary N) is 1. The van der Waals surface area contributed by atoms with E-state index in [1.807, 2.05) is 19.1 Å². The molecule has 0 bridgehead atoms. The molecule has 1 fully saturated rings. The fraction of sp³-hybridized carbons (Fsp3) is 0.400. The summed E-state index contributed by atoms with van der Waals surface area (Å²) in [6, 6.07) is 7.26. The summed E-state index contributed by atoms with van der Waals surface area (Å²) >= 11 is 0. The van der Waals surface area contributed by atoms with Crippen molar-refractivity contribution in [2.45, 2.75) is 26.3 Å². The molecule has 0 saturated carbocycles. The monoisotopic (exact) mass is 274 g/mol. The third-order valence-corrected chi connectivity index (χ3v) is 3.64. The van der Waals surface area contributed by atoms with Crippen molar-refractivity contribution in [2.24, 2.45) is 0 Å². The Morgan fingerprint density at radius 1 is 1.25 bits per heavy atom. The Bertz CT molecular complexity index is 561. The van der Waals surface area contributed by atoms with Gasteiger partial charge in [0.15, 0.2) is 5.78 Å². The minimum atomic E-state index is -0.867. The van der Waals surface area contributed by atoms with E-state index >= 15 is 0 Å². The molecule has 20 heavy (non-hydrogen) atoms. The van der Waals surface area contributed by atoms with Gasteiger partial charge in [-0.25, -0.2) is 0 Å². The molecule has 1 aromatic carbocycles. The van der Waals surface area contributed by atoms with Crippen LogP contribution in [0, 0.1) is 6.92 Å². The zero-order chi connectivity index (χ0) is 14.9. The average Bonchev–Trinajstić information content (AvgIpc) is 2.36. The highest BCUT2D eigenvalue weighted by atomic mass is 16.2. The van der Waals surface area contributed by atoms with Gasteiger partial charge in [-0.3, -0.25) is 24.6 Å². The van der Waals surface area contributed by atoms with E-state index in [1.165, 1.54) is 0 Å². The van der Waals surface area contributed by atoms with E-state index in [0.29, 0.717) is 5.56 Å². The molecule has 2 amide bonds. The van der Waals surface area contributed by atoms with Gasteiger partial charge < -0.3 is 0 Å². The van der Waals surface area contributed by atoms with Gasteiger partial charge in [-0.15, -0.1) is 0 Å². The van der Waals surface area contributed by atoms with Crippen LogP contribution in [-0.2, 0) is 9.59 Å². The van der Waals surface area contributed by atoms with Crippen LogP contribution in [0.25, 0.3) is 0 Å². The van der Waals surface area contributed by atoms with Crippen LogP contribution in [0.4, 0.5) is 0 Å². The van der Waals surface area contributed by atoms with Crippen molar-refractivity contribution in [3.63, 3.8) is 0 Å². The van der Waals surface area contributed by atoms with Crippen LogP contribution in [0.3, 0.4) is 0 Å². The molecule has 0 aromatic heterocycles. The van der Waals surface area contributed by atoms with Crippen molar-refractivity contribution in [1.29, 1.82) is 0 Å². The number of aryl methyl sites for hydroxylation is 1. The standard InChI is InChI=1S/C15H18N2O3/c1-10-4-6-11(7-5-10)12(18)8-17-9-13(19)16-14(20)15(17,2)3/h4-7H,8-9H2,1-3H3,(H,16,19,20). The summed E-state index contributed by atoms with van der Waals surface area (Å²) in [5.41, 5.74) is 0.799. The fourth-order valence-corrected chi connectivity index (χ4v) is 2.09. The fourth-order valence-electron chi connectivity index (χ4n) is 2.09. The number of hydrogen-bond acceptors (Lipinski definition) is 4. The van der Waals surface area contributed by atoms with Gasteiger partial charge in [0.25, 0.3) is 0 Å². The van der Waals surface area contributed by atoms with Crippen LogP contribution in [0.5, 0.6) is 0 Å². The predicted octanol–water partition coefficient (Wildman–Crippen LogP) is 0.915. The van der Waals surface area contributed by atoms with Crippen molar-refractivity contribution in [1.82, 2.24) is 10.2 Å². The Kier molecular flexibility index (Phi) is 3.72. The molecular formula is C15H18N2O3. The lowest BCUT2D eigenvalue weighted by Crippen LogP contribution is -2.64. The summed E-state index contributed by atoms with van der Waals surface area (Å²) < 4.78 is 0. The van der Waals surface area contributed by atoms with Crippen LogP contribution in [0.2, 0.25) is 0 Å². The normalized spacial score (nSPS) is 18.8. The molecule has 1 saturated heterocycles. The van der Waals surface area contributed by atoms with Gasteiger partial charge in [0.2, 0.25) is 11.8 Å². The second-order valence-electron chi connectivity index (χ2n) is 5.58. The molecule has 1 aromatic rings. The highest BCUT2D eigenvalue weighted by Crippen LogP contribution is 2.18. The first-order valence-corrected chi connectivity index (χ1v) is 6.50. The molecule has 0 unspecified atom stereocenters. The molecule has 1 heterocycles. The van der Waals surface area contributed by atoms with E-state index < -0.39 is 5.54 Å². The Hall–Kier alpha value is -2.01. The molecule has 1 N–H and O–H groups in total. The van der Waals surface area contributed by atoms with Crippen molar-refractivity contribution < 1.29 is 14.4 Å². The largest absolute Gasteiger partial charge is 0.294 e. The van der Waals surface area contributed by atoms with E-state index in [2.05, 4.69) is 5.32 Å². The number of Topliss-reactive ketones (excluding diaryl/α,β-unsaturated/α-hetero) is 1. The number of carbonyl (C=O) groups excluding carboxylic acids is 3. The van der Waals surface area contributed by atoms with E-state index in [0.717, 1.165) is 5.56 Å². The number of ketones is 1. The second-order valence-corrected chi connectivity index (χ2v) is 5.58. The minimum Gasteiger partial charge on any atom is -0.294 e. The molecule has 5 nitrogen and oxygen atoms in total. The third kappa shape index (κ3) is 2.77. The average molecular weight is 274 g/mol. The number of carbonyl (C=O) groups is 3. The van der Waals surface area contributed by atoms with Gasteiger partial charge in [0.1, 0.15) is 0 Å². The van der Waals surface area contributed by atoms with Crippen LogP contribution in [-0.4, -0.2) is 41.1 Å². The van der Waals surface area contributed by atoms with E-state index in [-0.39, 0.29) is 30.7 Å². The summed E-state index contributed by atoms with van der Waals surface area (Å²) in [7, 11) is 0. The van der Waals surface area contributed by atoms with Crippen molar-refractivity contribution in [2.75, 3.05) is 13.1 Å². The molecule has 106 valence electrons. The van der Waals surface area contributed by atoms with Gasteiger partial charge in [-0.1, -0.05) is 29.8 Å². The lowest BCUT2D eigenvalue weighted by molar-refractivity contribution is -0.144. The van der Waals surface area contributed by atoms with Crippen LogP contribution in [0.1, 0.15) is 29.8 Å². The van der Waals surface area contributed by atoms with Crippen LogP contribution < -0.4 is 5.32 Å². The Balaban J connectivity index is 2.15. The van der Waals surface area contributed by atoms with Crippen molar-refractivity contribution >= 4 is 17.6 Å². The highest BCUT2D eigenvalue weighted by Gasteiger charge is 2.41. The molecular weight excluding hydrogens is 256 g/mol. The van der Waals surface area contributed by atoms with Crippen molar-refractivity contribution in [3.8, 4) is 0 Å². The number of benzene rings is 1. The maximum absolute atomic E-state index is 12.2. The van der Waals surface area contributed by atoms with E-state index in [1.54, 1.807) is 30.9 Å². The summed E-state index contributed by atoms with van der Waals surface area (Å²) in [5.74, 6) is -0.836. The maximum atomic E-state index is 12.2. The zero-order valence-corrected chi connectivity index (χ0v) is 11.9. The summed E-state index contributed by atoms with van der Waals surface area (Å²) in [5, 5.41) is 2.29. The molecule has 2 rings (SSSR count). The first-order chi connectivity index (χ1) is 9.30. The molecule has 0 spiro atoms. The van der Waals surface area contributed by atoms with Gasteiger partial charge in [-0.2, -0.15) is 0 Å². The summed E-state index contributed by atoms with van der Waals surface area (Å²) in [6.07, 6.45) is 0. The van der Waals surface area contributed by atoms with Crippen LogP contribution >= 0.6 is 0 Å². The first-order valence-electron chi connectivity index (χ1n) is 6.50. The maximum Gasteiger partial charge on any atom is 0.246 e. The lowest BCUT2D eigenvalue weighted by atomic mass is 9.97. The Labute approximate surface area is 118 Å². The Morgan fingerprint density at radius 2 is 1.85 bits per heavy atom.